The smallest absolute Gasteiger partial charge is 0.275 e. The standard InChI is InChI=1S/C17H17N7O/c1-18-15-21-16(20-13-5-3-2-4-6-13)23-17(22-15)24-19-11-12-7-9-14(25)10-8-12/h2-10,25H,11H2,1H3,(H2,18,20,21,22,23). The van der Waals surface area contributed by atoms with E-state index in [1.165, 1.54) is 0 Å². The van der Waals surface area contributed by atoms with Crippen molar-refractivity contribution >= 4 is 23.5 Å². The number of aromatic hydroxyl groups is 1. The summed E-state index contributed by atoms with van der Waals surface area (Å²) in [6, 6.07) is 16.4. The van der Waals surface area contributed by atoms with Crippen LogP contribution >= 0.6 is 0 Å². The summed E-state index contributed by atoms with van der Waals surface area (Å²) in [5.41, 5.74) is 1.79. The second kappa shape index (κ2) is 7.82. The van der Waals surface area contributed by atoms with Gasteiger partial charge in [0.1, 0.15) is 5.75 Å². The van der Waals surface area contributed by atoms with E-state index in [1.54, 1.807) is 31.3 Å². The fraction of sp³-hybridized carbons (Fsp3) is 0.118. The predicted molar refractivity (Wildman–Crippen MR) is 95.4 cm³/mol. The van der Waals surface area contributed by atoms with Gasteiger partial charge in [0, 0.05) is 12.7 Å². The summed E-state index contributed by atoms with van der Waals surface area (Å²) in [4.78, 5) is 12.7. The highest BCUT2D eigenvalue weighted by atomic mass is 16.3. The molecule has 2 aromatic carbocycles. The van der Waals surface area contributed by atoms with E-state index in [4.69, 9.17) is 0 Å². The van der Waals surface area contributed by atoms with Gasteiger partial charge in [-0.15, -0.1) is 5.11 Å². The Morgan fingerprint density at radius 1 is 0.920 bits per heavy atom. The van der Waals surface area contributed by atoms with Gasteiger partial charge in [0.2, 0.25) is 11.9 Å². The molecule has 3 aromatic rings. The zero-order valence-corrected chi connectivity index (χ0v) is 13.6. The van der Waals surface area contributed by atoms with E-state index in [0.717, 1.165) is 11.3 Å². The molecule has 0 amide bonds. The fourth-order valence-corrected chi connectivity index (χ4v) is 2.01. The molecule has 3 rings (SSSR count). The molecule has 0 fully saturated rings. The largest absolute Gasteiger partial charge is 0.508 e. The first-order chi connectivity index (χ1) is 12.2. The number of anilines is 3. The van der Waals surface area contributed by atoms with Gasteiger partial charge in [-0.2, -0.15) is 20.1 Å². The Bertz CT molecular complexity index is 851. The zero-order chi connectivity index (χ0) is 17.5. The van der Waals surface area contributed by atoms with Gasteiger partial charge in [-0.25, -0.2) is 0 Å². The molecule has 126 valence electrons. The van der Waals surface area contributed by atoms with E-state index in [2.05, 4.69) is 35.8 Å². The van der Waals surface area contributed by atoms with Crippen molar-refractivity contribution in [1.82, 2.24) is 15.0 Å². The minimum atomic E-state index is 0.205. The number of phenols is 1. The first-order valence-electron chi connectivity index (χ1n) is 7.64. The molecule has 8 heteroatoms. The molecule has 0 saturated carbocycles. The number of benzene rings is 2. The zero-order valence-electron chi connectivity index (χ0n) is 13.6. The molecule has 0 saturated heterocycles. The van der Waals surface area contributed by atoms with Gasteiger partial charge in [-0.1, -0.05) is 30.3 Å². The molecule has 0 aliphatic rings. The Balaban J connectivity index is 1.74. The number of nitrogens with zero attached hydrogens (tertiary/aromatic N) is 5. The number of hydrogen-bond acceptors (Lipinski definition) is 8. The molecule has 0 atom stereocenters. The van der Waals surface area contributed by atoms with Gasteiger partial charge in [-0.05, 0) is 29.8 Å². The third kappa shape index (κ3) is 4.71. The summed E-state index contributed by atoms with van der Waals surface area (Å²) in [7, 11) is 1.72. The number of phenolic OH excluding ortho intramolecular Hbond substituents is 1. The molecule has 0 unspecified atom stereocenters. The van der Waals surface area contributed by atoms with Crippen LogP contribution in [0, 0.1) is 0 Å². The van der Waals surface area contributed by atoms with Crippen LogP contribution in [0.4, 0.5) is 23.5 Å². The Morgan fingerprint density at radius 3 is 2.36 bits per heavy atom. The predicted octanol–water partition coefficient (Wildman–Crippen LogP) is 3.65. The lowest BCUT2D eigenvalue weighted by molar-refractivity contribution is 0.475. The molecule has 0 aliphatic carbocycles. The topological polar surface area (TPSA) is 108 Å². The number of rotatable bonds is 6. The van der Waals surface area contributed by atoms with Crippen LogP contribution < -0.4 is 10.6 Å². The maximum Gasteiger partial charge on any atom is 0.275 e. The average molecular weight is 335 g/mol. The lowest BCUT2D eigenvalue weighted by atomic mass is 10.2. The van der Waals surface area contributed by atoms with Gasteiger partial charge < -0.3 is 15.7 Å². The van der Waals surface area contributed by atoms with Gasteiger partial charge in [0.25, 0.3) is 5.95 Å². The molecule has 3 N–H and O–H groups in total. The van der Waals surface area contributed by atoms with E-state index in [0.29, 0.717) is 18.4 Å². The van der Waals surface area contributed by atoms with Crippen LogP contribution in [0.2, 0.25) is 0 Å². The first kappa shape index (κ1) is 16.3. The van der Waals surface area contributed by atoms with Crippen molar-refractivity contribution in [2.24, 2.45) is 10.2 Å². The first-order valence-corrected chi connectivity index (χ1v) is 7.64. The maximum atomic E-state index is 9.27. The summed E-state index contributed by atoms with van der Waals surface area (Å²) < 4.78 is 0. The monoisotopic (exact) mass is 335 g/mol. The van der Waals surface area contributed by atoms with Crippen LogP contribution in [0.25, 0.3) is 0 Å². The molecule has 0 bridgehead atoms. The molecule has 1 aromatic heterocycles. The lowest BCUT2D eigenvalue weighted by Gasteiger charge is -2.06. The van der Waals surface area contributed by atoms with E-state index in [-0.39, 0.29) is 11.7 Å². The van der Waals surface area contributed by atoms with Crippen LogP contribution in [0.15, 0.2) is 64.8 Å². The maximum absolute atomic E-state index is 9.27. The molecule has 1 heterocycles. The number of para-hydroxylation sites is 1. The number of aromatic nitrogens is 3. The minimum Gasteiger partial charge on any atom is -0.508 e. The molecule has 0 spiro atoms. The normalized spacial score (nSPS) is 10.8. The molecule has 8 nitrogen and oxygen atoms in total. The molecule has 0 radical (unpaired) electrons. The van der Waals surface area contributed by atoms with E-state index in [9.17, 15) is 5.11 Å². The van der Waals surface area contributed by atoms with Gasteiger partial charge in [0.15, 0.2) is 0 Å². The Hall–Kier alpha value is -3.55. The van der Waals surface area contributed by atoms with Crippen molar-refractivity contribution in [3.8, 4) is 5.75 Å². The Labute approximate surface area is 144 Å². The molecular formula is C17H17N7O. The summed E-state index contributed by atoms with van der Waals surface area (Å²) >= 11 is 0. The van der Waals surface area contributed by atoms with Crippen molar-refractivity contribution in [2.75, 3.05) is 17.7 Å². The van der Waals surface area contributed by atoms with Crippen LogP contribution in [0.3, 0.4) is 0 Å². The van der Waals surface area contributed by atoms with E-state index in [1.807, 2.05) is 30.3 Å². The second-order valence-corrected chi connectivity index (χ2v) is 5.09. The van der Waals surface area contributed by atoms with Gasteiger partial charge in [0.05, 0.1) is 6.54 Å². The minimum absolute atomic E-state index is 0.205. The summed E-state index contributed by atoms with van der Waals surface area (Å²) in [6.07, 6.45) is 0. The quantitative estimate of drug-likeness (QED) is 0.594. The van der Waals surface area contributed by atoms with E-state index < -0.39 is 0 Å². The van der Waals surface area contributed by atoms with Crippen molar-refractivity contribution in [2.45, 2.75) is 6.54 Å². The second-order valence-electron chi connectivity index (χ2n) is 5.09. The highest BCUT2D eigenvalue weighted by molar-refractivity contribution is 5.54. The van der Waals surface area contributed by atoms with Crippen LogP contribution in [0.5, 0.6) is 5.75 Å². The molecule has 25 heavy (non-hydrogen) atoms. The third-order valence-corrected chi connectivity index (χ3v) is 3.23. The van der Waals surface area contributed by atoms with Crippen LogP contribution in [0.1, 0.15) is 5.56 Å². The number of azo groups is 1. The van der Waals surface area contributed by atoms with Crippen LogP contribution in [-0.4, -0.2) is 27.1 Å². The van der Waals surface area contributed by atoms with E-state index >= 15 is 0 Å². The van der Waals surface area contributed by atoms with Crippen molar-refractivity contribution < 1.29 is 5.11 Å². The van der Waals surface area contributed by atoms with Crippen LogP contribution in [-0.2, 0) is 6.54 Å². The SMILES string of the molecule is CNc1nc(N=NCc2ccc(O)cc2)nc(Nc2ccccc2)n1. The highest BCUT2D eigenvalue weighted by Gasteiger charge is 2.05. The van der Waals surface area contributed by atoms with Gasteiger partial charge >= 0.3 is 0 Å². The van der Waals surface area contributed by atoms with Crippen molar-refractivity contribution in [1.29, 1.82) is 0 Å². The Morgan fingerprint density at radius 2 is 1.64 bits per heavy atom. The number of nitrogens with one attached hydrogen (secondary N) is 2. The summed E-state index contributed by atoms with van der Waals surface area (Å²) in [5.74, 6) is 1.20. The summed E-state index contributed by atoms with van der Waals surface area (Å²) in [6.45, 7) is 0.363. The van der Waals surface area contributed by atoms with Gasteiger partial charge in [-0.3, -0.25) is 0 Å². The summed E-state index contributed by atoms with van der Waals surface area (Å²) in [5, 5.41) is 23.4. The van der Waals surface area contributed by atoms with Crippen molar-refractivity contribution in [3.63, 3.8) is 0 Å². The molecular weight excluding hydrogens is 318 g/mol. The number of hydrogen-bond donors (Lipinski definition) is 3. The van der Waals surface area contributed by atoms with Crippen molar-refractivity contribution in [3.05, 3.63) is 60.2 Å². The third-order valence-electron chi connectivity index (χ3n) is 3.23. The Kier molecular flexibility index (Phi) is 5.10. The fourth-order valence-electron chi connectivity index (χ4n) is 2.01. The highest BCUT2D eigenvalue weighted by Crippen LogP contribution is 2.17. The average Bonchev–Trinajstić information content (AvgIpc) is 2.64. The molecule has 0 aliphatic heterocycles. The lowest BCUT2D eigenvalue weighted by Crippen LogP contribution is -2.03.